The van der Waals surface area contributed by atoms with Crippen LogP contribution < -0.4 is 4.90 Å². The van der Waals surface area contributed by atoms with E-state index in [4.69, 9.17) is 5.26 Å². The van der Waals surface area contributed by atoms with E-state index in [1.54, 1.807) is 6.20 Å². The highest BCUT2D eigenvalue weighted by Gasteiger charge is 2.09. The van der Waals surface area contributed by atoms with E-state index in [1.165, 1.54) is 11.3 Å². The van der Waals surface area contributed by atoms with Crippen LogP contribution in [0.25, 0.3) is 0 Å². The van der Waals surface area contributed by atoms with Crippen molar-refractivity contribution in [3.8, 4) is 6.07 Å². The zero-order chi connectivity index (χ0) is 13.5. The smallest absolute Gasteiger partial charge is 0.160 e. The second kappa shape index (κ2) is 6.66. The summed E-state index contributed by atoms with van der Waals surface area (Å²) in [7, 11) is 0. The van der Waals surface area contributed by atoms with Crippen molar-refractivity contribution in [3.63, 3.8) is 0 Å². The molecule has 0 radical (unpaired) electrons. The van der Waals surface area contributed by atoms with Crippen LogP contribution in [0.3, 0.4) is 0 Å². The standard InChI is InChI=1S/C14H13N3OS/c15-4-2-6-17(9-12-3-1-5-16-8-12)13-7-14(10-18)19-11-13/h1,3,5,7-8,10-11H,2,6,9H2. The molecule has 0 saturated carbocycles. The maximum absolute atomic E-state index is 10.7. The number of carbonyl (C=O) groups is 1. The fraction of sp³-hybridized carbons (Fsp3) is 0.214. The van der Waals surface area contributed by atoms with E-state index in [0.29, 0.717) is 24.4 Å². The Bertz CT molecular complexity index is 574. The first-order valence-electron chi connectivity index (χ1n) is 5.88. The summed E-state index contributed by atoms with van der Waals surface area (Å²) >= 11 is 1.41. The summed E-state index contributed by atoms with van der Waals surface area (Å²) in [6.07, 6.45) is 4.85. The molecule has 19 heavy (non-hydrogen) atoms. The number of hydrogen-bond donors (Lipinski definition) is 0. The normalized spacial score (nSPS) is 9.84. The number of aromatic nitrogens is 1. The van der Waals surface area contributed by atoms with Crippen molar-refractivity contribution in [2.45, 2.75) is 13.0 Å². The van der Waals surface area contributed by atoms with Gasteiger partial charge in [-0.3, -0.25) is 9.78 Å². The molecule has 2 heterocycles. The van der Waals surface area contributed by atoms with Crippen LogP contribution in [0.2, 0.25) is 0 Å². The van der Waals surface area contributed by atoms with Gasteiger partial charge in [-0.15, -0.1) is 11.3 Å². The van der Waals surface area contributed by atoms with E-state index in [0.717, 1.165) is 17.5 Å². The maximum atomic E-state index is 10.7. The van der Waals surface area contributed by atoms with Gasteiger partial charge < -0.3 is 4.90 Å². The Labute approximate surface area is 115 Å². The van der Waals surface area contributed by atoms with Gasteiger partial charge in [-0.2, -0.15) is 5.26 Å². The molecule has 0 fully saturated rings. The Morgan fingerprint density at radius 1 is 1.53 bits per heavy atom. The minimum atomic E-state index is 0.451. The zero-order valence-electron chi connectivity index (χ0n) is 10.3. The Kier molecular flexibility index (Phi) is 4.65. The first-order chi connectivity index (χ1) is 9.33. The van der Waals surface area contributed by atoms with E-state index < -0.39 is 0 Å². The molecule has 96 valence electrons. The quantitative estimate of drug-likeness (QED) is 0.758. The molecule has 0 bridgehead atoms. The van der Waals surface area contributed by atoms with Gasteiger partial charge in [0, 0.05) is 36.6 Å². The number of anilines is 1. The molecule has 0 aliphatic carbocycles. The monoisotopic (exact) mass is 271 g/mol. The summed E-state index contributed by atoms with van der Waals surface area (Å²) in [6, 6.07) is 7.89. The number of rotatable bonds is 6. The lowest BCUT2D eigenvalue weighted by Crippen LogP contribution is -2.23. The minimum Gasteiger partial charge on any atom is -0.365 e. The molecule has 2 rings (SSSR count). The largest absolute Gasteiger partial charge is 0.365 e. The van der Waals surface area contributed by atoms with Crippen LogP contribution in [0.5, 0.6) is 0 Å². The summed E-state index contributed by atoms with van der Waals surface area (Å²) < 4.78 is 0. The van der Waals surface area contributed by atoms with Gasteiger partial charge in [-0.05, 0) is 17.7 Å². The lowest BCUT2D eigenvalue weighted by Gasteiger charge is -2.22. The van der Waals surface area contributed by atoms with Gasteiger partial charge in [0.25, 0.3) is 0 Å². The van der Waals surface area contributed by atoms with Crippen LogP contribution in [0.15, 0.2) is 36.0 Å². The van der Waals surface area contributed by atoms with Crippen molar-refractivity contribution in [2.24, 2.45) is 0 Å². The molecule has 0 amide bonds. The maximum Gasteiger partial charge on any atom is 0.160 e. The van der Waals surface area contributed by atoms with Gasteiger partial charge in [0.2, 0.25) is 0 Å². The van der Waals surface area contributed by atoms with E-state index in [9.17, 15) is 4.79 Å². The number of carbonyl (C=O) groups excluding carboxylic acids is 1. The van der Waals surface area contributed by atoms with Crippen LogP contribution >= 0.6 is 11.3 Å². The van der Waals surface area contributed by atoms with Crippen LogP contribution in [0.4, 0.5) is 5.69 Å². The Balaban J connectivity index is 2.16. The fourth-order valence-electron chi connectivity index (χ4n) is 1.77. The first-order valence-corrected chi connectivity index (χ1v) is 6.76. The summed E-state index contributed by atoms with van der Waals surface area (Å²) in [5, 5.41) is 10.7. The molecule has 2 aromatic heterocycles. The molecule has 0 aromatic carbocycles. The molecule has 5 heteroatoms. The van der Waals surface area contributed by atoms with E-state index in [-0.39, 0.29) is 0 Å². The summed E-state index contributed by atoms with van der Waals surface area (Å²) in [5.41, 5.74) is 2.06. The SMILES string of the molecule is N#CCCN(Cc1cccnc1)c1csc(C=O)c1. The van der Waals surface area contributed by atoms with Gasteiger partial charge in [0.05, 0.1) is 17.4 Å². The molecule has 0 aliphatic heterocycles. The van der Waals surface area contributed by atoms with E-state index in [1.807, 2.05) is 29.8 Å². The number of hydrogen-bond acceptors (Lipinski definition) is 5. The number of nitriles is 1. The van der Waals surface area contributed by atoms with Crippen LogP contribution in [-0.2, 0) is 6.54 Å². The fourth-order valence-corrected chi connectivity index (χ4v) is 2.48. The summed E-state index contributed by atoms with van der Waals surface area (Å²) in [4.78, 5) is 17.6. The third-order valence-electron chi connectivity index (χ3n) is 2.68. The molecule has 4 nitrogen and oxygen atoms in total. The highest BCUT2D eigenvalue weighted by molar-refractivity contribution is 7.12. The molecule has 0 aliphatic rings. The lowest BCUT2D eigenvalue weighted by atomic mass is 10.2. The van der Waals surface area contributed by atoms with Gasteiger partial charge in [0.15, 0.2) is 6.29 Å². The molecule has 0 N–H and O–H groups in total. The molecule has 2 aromatic rings. The average molecular weight is 271 g/mol. The third-order valence-corrected chi connectivity index (χ3v) is 3.52. The van der Waals surface area contributed by atoms with Gasteiger partial charge in [-0.25, -0.2) is 0 Å². The second-order valence-corrected chi connectivity index (χ2v) is 4.96. The number of thiophene rings is 1. The van der Waals surface area contributed by atoms with Crippen molar-refractivity contribution in [3.05, 3.63) is 46.4 Å². The van der Waals surface area contributed by atoms with Crippen molar-refractivity contribution in [1.29, 1.82) is 5.26 Å². The topological polar surface area (TPSA) is 57.0 Å². The zero-order valence-corrected chi connectivity index (χ0v) is 11.1. The Morgan fingerprint density at radius 3 is 3.05 bits per heavy atom. The molecular formula is C14H13N3OS. The van der Waals surface area contributed by atoms with Crippen molar-refractivity contribution < 1.29 is 4.79 Å². The van der Waals surface area contributed by atoms with Gasteiger partial charge in [0.1, 0.15) is 0 Å². The van der Waals surface area contributed by atoms with Crippen molar-refractivity contribution >= 4 is 23.3 Å². The molecule has 0 unspecified atom stereocenters. The molecular weight excluding hydrogens is 258 g/mol. The lowest BCUT2D eigenvalue weighted by molar-refractivity contribution is 0.112. The van der Waals surface area contributed by atoms with Crippen LogP contribution in [-0.4, -0.2) is 17.8 Å². The predicted octanol–water partition coefficient (Wildman–Crippen LogP) is 2.88. The van der Waals surface area contributed by atoms with Crippen molar-refractivity contribution in [2.75, 3.05) is 11.4 Å². The Hall–Kier alpha value is -2.19. The van der Waals surface area contributed by atoms with Gasteiger partial charge >= 0.3 is 0 Å². The van der Waals surface area contributed by atoms with Crippen LogP contribution in [0.1, 0.15) is 21.7 Å². The molecule has 0 atom stereocenters. The summed E-state index contributed by atoms with van der Waals surface area (Å²) in [5.74, 6) is 0. The number of nitrogens with zero attached hydrogens (tertiary/aromatic N) is 3. The van der Waals surface area contributed by atoms with Crippen LogP contribution in [0, 0.1) is 11.3 Å². The molecule has 0 saturated heterocycles. The first kappa shape index (κ1) is 13.2. The Morgan fingerprint density at radius 2 is 2.42 bits per heavy atom. The number of aldehydes is 1. The second-order valence-electron chi connectivity index (χ2n) is 4.02. The van der Waals surface area contributed by atoms with E-state index >= 15 is 0 Å². The summed E-state index contributed by atoms with van der Waals surface area (Å²) in [6.45, 7) is 1.32. The highest BCUT2D eigenvalue weighted by Crippen LogP contribution is 2.23. The highest BCUT2D eigenvalue weighted by atomic mass is 32.1. The van der Waals surface area contributed by atoms with E-state index in [2.05, 4.69) is 16.0 Å². The minimum absolute atomic E-state index is 0.451. The average Bonchev–Trinajstić information content (AvgIpc) is 2.93. The number of pyridine rings is 1. The van der Waals surface area contributed by atoms with Crippen molar-refractivity contribution in [1.82, 2.24) is 4.98 Å². The van der Waals surface area contributed by atoms with Gasteiger partial charge in [-0.1, -0.05) is 6.07 Å². The third kappa shape index (κ3) is 3.63. The predicted molar refractivity (Wildman–Crippen MR) is 75.2 cm³/mol. The molecule has 0 spiro atoms.